The van der Waals surface area contributed by atoms with Crippen LogP contribution in [0.2, 0.25) is 0 Å². The van der Waals surface area contributed by atoms with E-state index in [4.69, 9.17) is 10.5 Å². The molecule has 1 heterocycles. The van der Waals surface area contributed by atoms with Crippen LogP contribution < -0.4 is 15.8 Å². The molecular formula is C19H22N4O2. The fraction of sp³-hybridized carbons (Fsp3) is 0.263. The Morgan fingerprint density at radius 1 is 1.24 bits per heavy atom. The molecule has 0 aliphatic heterocycles. The second-order valence-electron chi connectivity index (χ2n) is 5.87. The molecule has 3 aromatic rings. The topological polar surface area (TPSA) is 93.0 Å². The standard InChI is InChI=1S/C19H22N4O2/c1-13-22-17-8-3-14(11-18(17)23-13)12-21-19(24)15-4-6-16(7-5-15)25-10-2-9-20/h3-8,11H,2,9-10,12,20H2,1H3,(H,21,24)(H,22,23). The Hall–Kier alpha value is -2.86. The molecule has 6 heteroatoms. The van der Waals surface area contributed by atoms with Crippen LogP contribution in [0.5, 0.6) is 5.75 Å². The average Bonchev–Trinajstić information content (AvgIpc) is 2.99. The number of rotatable bonds is 7. The molecule has 0 radical (unpaired) electrons. The summed E-state index contributed by atoms with van der Waals surface area (Å²) in [6, 6.07) is 13.0. The van der Waals surface area contributed by atoms with Crippen LogP contribution in [-0.2, 0) is 6.54 Å². The van der Waals surface area contributed by atoms with E-state index >= 15 is 0 Å². The summed E-state index contributed by atoms with van der Waals surface area (Å²) in [5.41, 5.74) is 8.96. The number of aromatic amines is 1. The molecule has 1 amide bonds. The molecule has 0 saturated carbocycles. The van der Waals surface area contributed by atoms with Crippen molar-refractivity contribution in [1.82, 2.24) is 15.3 Å². The van der Waals surface area contributed by atoms with Gasteiger partial charge in [0.2, 0.25) is 0 Å². The first-order chi connectivity index (χ1) is 12.2. The zero-order valence-electron chi connectivity index (χ0n) is 14.2. The van der Waals surface area contributed by atoms with E-state index in [0.717, 1.165) is 34.6 Å². The number of amides is 1. The van der Waals surface area contributed by atoms with Gasteiger partial charge in [-0.15, -0.1) is 0 Å². The van der Waals surface area contributed by atoms with E-state index < -0.39 is 0 Å². The molecule has 0 bridgehead atoms. The summed E-state index contributed by atoms with van der Waals surface area (Å²) in [6.45, 7) is 3.56. The first-order valence-corrected chi connectivity index (χ1v) is 8.32. The van der Waals surface area contributed by atoms with Crippen molar-refractivity contribution in [1.29, 1.82) is 0 Å². The highest BCUT2D eigenvalue weighted by molar-refractivity contribution is 5.94. The molecule has 0 fully saturated rings. The smallest absolute Gasteiger partial charge is 0.251 e. The van der Waals surface area contributed by atoms with Crippen LogP contribution in [0.4, 0.5) is 0 Å². The summed E-state index contributed by atoms with van der Waals surface area (Å²) < 4.78 is 5.53. The summed E-state index contributed by atoms with van der Waals surface area (Å²) in [6.07, 6.45) is 0.808. The number of fused-ring (bicyclic) bond motifs is 1. The van der Waals surface area contributed by atoms with Gasteiger partial charge in [0.25, 0.3) is 5.91 Å². The summed E-state index contributed by atoms with van der Waals surface area (Å²) >= 11 is 0. The largest absolute Gasteiger partial charge is 0.494 e. The van der Waals surface area contributed by atoms with Gasteiger partial charge in [-0.05, 0) is 61.9 Å². The van der Waals surface area contributed by atoms with E-state index in [0.29, 0.717) is 25.3 Å². The van der Waals surface area contributed by atoms with E-state index in [1.54, 1.807) is 24.3 Å². The van der Waals surface area contributed by atoms with Crippen LogP contribution >= 0.6 is 0 Å². The second kappa shape index (κ2) is 7.81. The fourth-order valence-electron chi connectivity index (χ4n) is 2.55. The average molecular weight is 338 g/mol. The van der Waals surface area contributed by atoms with Gasteiger partial charge in [-0.1, -0.05) is 6.07 Å². The first-order valence-electron chi connectivity index (χ1n) is 8.32. The number of nitrogens with one attached hydrogen (secondary N) is 2. The minimum atomic E-state index is -0.116. The third kappa shape index (κ3) is 4.36. The molecule has 0 aliphatic carbocycles. The number of nitrogens with zero attached hydrogens (tertiary/aromatic N) is 1. The van der Waals surface area contributed by atoms with Gasteiger partial charge in [0.15, 0.2) is 0 Å². The predicted octanol–water partition coefficient (Wildman–Crippen LogP) is 2.53. The third-order valence-corrected chi connectivity index (χ3v) is 3.85. The lowest BCUT2D eigenvalue weighted by molar-refractivity contribution is 0.0951. The molecule has 0 saturated heterocycles. The Morgan fingerprint density at radius 3 is 2.80 bits per heavy atom. The van der Waals surface area contributed by atoms with Gasteiger partial charge in [0, 0.05) is 12.1 Å². The Bertz CT molecular complexity index is 855. The highest BCUT2D eigenvalue weighted by Gasteiger charge is 2.07. The number of carbonyl (C=O) groups is 1. The zero-order valence-corrected chi connectivity index (χ0v) is 14.2. The van der Waals surface area contributed by atoms with E-state index in [1.807, 2.05) is 25.1 Å². The van der Waals surface area contributed by atoms with Crippen LogP contribution in [0.3, 0.4) is 0 Å². The molecule has 25 heavy (non-hydrogen) atoms. The van der Waals surface area contributed by atoms with Crippen molar-refractivity contribution in [2.75, 3.05) is 13.2 Å². The number of nitrogens with two attached hydrogens (primary N) is 1. The highest BCUT2D eigenvalue weighted by Crippen LogP contribution is 2.15. The van der Waals surface area contributed by atoms with E-state index in [-0.39, 0.29) is 5.91 Å². The van der Waals surface area contributed by atoms with Gasteiger partial charge >= 0.3 is 0 Å². The number of carbonyl (C=O) groups excluding carboxylic acids is 1. The lowest BCUT2D eigenvalue weighted by Gasteiger charge is -2.08. The third-order valence-electron chi connectivity index (χ3n) is 3.85. The Labute approximate surface area is 146 Å². The van der Waals surface area contributed by atoms with Crippen molar-refractivity contribution in [2.45, 2.75) is 19.9 Å². The molecule has 0 atom stereocenters. The fourth-order valence-corrected chi connectivity index (χ4v) is 2.55. The van der Waals surface area contributed by atoms with Crippen LogP contribution in [0.1, 0.15) is 28.2 Å². The van der Waals surface area contributed by atoms with Crippen molar-refractivity contribution in [3.05, 3.63) is 59.4 Å². The number of aryl methyl sites for hydroxylation is 1. The second-order valence-corrected chi connectivity index (χ2v) is 5.87. The molecule has 4 N–H and O–H groups in total. The van der Waals surface area contributed by atoms with Crippen molar-refractivity contribution >= 4 is 16.9 Å². The number of benzene rings is 2. The molecule has 6 nitrogen and oxygen atoms in total. The molecular weight excluding hydrogens is 316 g/mol. The van der Waals surface area contributed by atoms with Crippen LogP contribution in [0.15, 0.2) is 42.5 Å². The van der Waals surface area contributed by atoms with E-state index in [1.165, 1.54) is 0 Å². The minimum absolute atomic E-state index is 0.116. The normalized spacial score (nSPS) is 10.8. The van der Waals surface area contributed by atoms with Crippen molar-refractivity contribution in [3.8, 4) is 5.75 Å². The van der Waals surface area contributed by atoms with E-state index in [2.05, 4.69) is 15.3 Å². The Morgan fingerprint density at radius 2 is 2.04 bits per heavy atom. The maximum atomic E-state index is 12.3. The number of hydrogen-bond donors (Lipinski definition) is 3. The quantitative estimate of drug-likeness (QED) is 0.577. The van der Waals surface area contributed by atoms with Crippen LogP contribution in [-0.4, -0.2) is 29.0 Å². The lowest BCUT2D eigenvalue weighted by Crippen LogP contribution is -2.22. The maximum Gasteiger partial charge on any atom is 0.251 e. The molecule has 0 spiro atoms. The Balaban J connectivity index is 1.57. The summed E-state index contributed by atoms with van der Waals surface area (Å²) in [4.78, 5) is 19.8. The number of ether oxygens (including phenoxy) is 1. The van der Waals surface area contributed by atoms with E-state index in [9.17, 15) is 4.79 Å². The Kier molecular flexibility index (Phi) is 5.30. The number of aromatic nitrogens is 2. The lowest BCUT2D eigenvalue weighted by atomic mass is 10.1. The minimum Gasteiger partial charge on any atom is -0.494 e. The number of hydrogen-bond acceptors (Lipinski definition) is 4. The molecule has 3 rings (SSSR count). The van der Waals surface area contributed by atoms with Gasteiger partial charge in [-0.2, -0.15) is 0 Å². The summed E-state index contributed by atoms with van der Waals surface area (Å²) in [5.74, 6) is 1.50. The number of imidazole rings is 1. The van der Waals surface area contributed by atoms with Gasteiger partial charge in [0.1, 0.15) is 11.6 Å². The maximum absolute atomic E-state index is 12.3. The summed E-state index contributed by atoms with van der Waals surface area (Å²) in [5, 5.41) is 2.93. The van der Waals surface area contributed by atoms with Crippen molar-refractivity contribution in [3.63, 3.8) is 0 Å². The SMILES string of the molecule is Cc1nc2ccc(CNC(=O)c3ccc(OCCCN)cc3)cc2[nH]1. The molecule has 2 aromatic carbocycles. The molecule has 1 aromatic heterocycles. The van der Waals surface area contributed by atoms with Gasteiger partial charge in [-0.3, -0.25) is 4.79 Å². The zero-order chi connectivity index (χ0) is 17.6. The first kappa shape index (κ1) is 17.0. The van der Waals surface area contributed by atoms with Crippen LogP contribution in [0.25, 0.3) is 11.0 Å². The molecule has 0 unspecified atom stereocenters. The van der Waals surface area contributed by atoms with Crippen molar-refractivity contribution < 1.29 is 9.53 Å². The summed E-state index contributed by atoms with van der Waals surface area (Å²) in [7, 11) is 0. The van der Waals surface area contributed by atoms with Gasteiger partial charge in [-0.25, -0.2) is 4.98 Å². The predicted molar refractivity (Wildman–Crippen MR) is 97.6 cm³/mol. The highest BCUT2D eigenvalue weighted by atomic mass is 16.5. The van der Waals surface area contributed by atoms with Gasteiger partial charge in [0.05, 0.1) is 17.6 Å². The van der Waals surface area contributed by atoms with Gasteiger partial charge < -0.3 is 20.8 Å². The molecule has 0 aliphatic rings. The van der Waals surface area contributed by atoms with Crippen molar-refractivity contribution in [2.24, 2.45) is 5.73 Å². The number of H-pyrrole nitrogens is 1. The van der Waals surface area contributed by atoms with Crippen LogP contribution in [0, 0.1) is 6.92 Å². The molecule has 130 valence electrons. The monoisotopic (exact) mass is 338 g/mol.